The van der Waals surface area contributed by atoms with Crippen molar-refractivity contribution in [3.05, 3.63) is 69.6 Å². The van der Waals surface area contributed by atoms with E-state index in [1.165, 1.54) is 17.5 Å². The molecule has 0 saturated heterocycles. The van der Waals surface area contributed by atoms with Crippen molar-refractivity contribution in [2.24, 2.45) is 0 Å². The number of aromatic nitrogens is 1. The summed E-state index contributed by atoms with van der Waals surface area (Å²) in [5.74, 6) is -0.225. The zero-order valence-electron chi connectivity index (χ0n) is 19.6. The maximum atomic E-state index is 13.0. The van der Waals surface area contributed by atoms with E-state index in [0.717, 1.165) is 51.0 Å². The summed E-state index contributed by atoms with van der Waals surface area (Å²) in [5.41, 5.74) is 2.58. The molecule has 1 saturated carbocycles. The van der Waals surface area contributed by atoms with Gasteiger partial charge in [-0.1, -0.05) is 57.4 Å². The van der Waals surface area contributed by atoms with E-state index < -0.39 is 9.84 Å². The minimum atomic E-state index is -2.67. The van der Waals surface area contributed by atoms with Crippen LogP contribution in [0.1, 0.15) is 79.9 Å². The molecule has 2 aromatic rings. The predicted molar refractivity (Wildman–Crippen MR) is 130 cm³/mol. The van der Waals surface area contributed by atoms with Crippen LogP contribution in [0.4, 0.5) is 0 Å². The highest BCUT2D eigenvalue weighted by Gasteiger charge is 2.26. The average molecular weight is 461 g/mol. The summed E-state index contributed by atoms with van der Waals surface area (Å²) in [6.45, 7) is 4.00. The zero-order chi connectivity index (χ0) is 23.7. The number of amides is 1. The summed E-state index contributed by atoms with van der Waals surface area (Å²) < 4.78 is 21.0. The van der Waals surface area contributed by atoms with Gasteiger partial charge in [0.25, 0.3) is 11.5 Å². The zero-order valence-corrected chi connectivity index (χ0v) is 20.5. The number of nitrogens with one attached hydrogen (secondary N) is 1. The van der Waals surface area contributed by atoms with Crippen LogP contribution in [0, 0.1) is 0 Å². The normalized spacial score (nSPS) is 17.8. The van der Waals surface area contributed by atoms with E-state index in [2.05, 4.69) is 17.4 Å². The van der Waals surface area contributed by atoms with Gasteiger partial charge in [0.1, 0.15) is 15.4 Å². The second kappa shape index (κ2) is 12.0. The highest BCUT2D eigenvalue weighted by atomic mass is 32.2. The van der Waals surface area contributed by atoms with Crippen LogP contribution in [0.15, 0.2) is 47.4 Å². The molecule has 1 unspecified atom stereocenters. The number of hydrogen-bond donors (Lipinski definition) is 1. The van der Waals surface area contributed by atoms with Crippen molar-refractivity contribution in [2.45, 2.75) is 70.9 Å². The molecule has 1 fully saturated rings. The third-order valence-corrected chi connectivity index (χ3v) is 5.60. The summed E-state index contributed by atoms with van der Waals surface area (Å²) in [6, 6.07) is 12.0. The van der Waals surface area contributed by atoms with Gasteiger partial charge < -0.3 is 9.88 Å². The highest BCUT2D eigenvalue weighted by Crippen LogP contribution is 2.33. The Balaban J connectivity index is 0.000000460. The number of pyridine rings is 1. The number of carbonyl (C=O) groups excluding carboxylic acids is 1. The second-order valence-electron chi connectivity index (χ2n) is 8.34. The van der Waals surface area contributed by atoms with Crippen LogP contribution >= 0.6 is 0 Å². The standard InChI is InChI=1S/C21H24N2O2.C2H6O2S.C2H6/c24-20(22-16-8-2-1-3-9-16)18-11-6-14-23(21(18)25)19-13-12-15-7-4-5-10-17(15)19;1-5(2,3)4;1-2/h4-7,10-11,14,16,19H,1-3,8-9,12-13H2,(H,22,24);1-2H3;1-2H3. The molecule has 1 atom stereocenters. The van der Waals surface area contributed by atoms with E-state index in [9.17, 15) is 18.0 Å². The molecule has 6 nitrogen and oxygen atoms in total. The second-order valence-corrected chi connectivity index (χ2v) is 10.6. The summed E-state index contributed by atoms with van der Waals surface area (Å²) in [5, 5.41) is 3.06. The summed E-state index contributed by atoms with van der Waals surface area (Å²) in [7, 11) is -2.67. The van der Waals surface area contributed by atoms with Gasteiger partial charge in [-0.05, 0) is 48.9 Å². The Morgan fingerprint density at radius 1 is 0.969 bits per heavy atom. The lowest BCUT2D eigenvalue weighted by Gasteiger charge is -2.23. The van der Waals surface area contributed by atoms with Crippen LogP contribution in [-0.2, 0) is 16.3 Å². The molecule has 1 amide bonds. The maximum Gasteiger partial charge on any atom is 0.263 e. The van der Waals surface area contributed by atoms with Crippen molar-refractivity contribution in [1.29, 1.82) is 0 Å². The van der Waals surface area contributed by atoms with Crippen molar-refractivity contribution in [1.82, 2.24) is 9.88 Å². The van der Waals surface area contributed by atoms with Gasteiger partial charge in [0, 0.05) is 24.8 Å². The summed E-state index contributed by atoms with van der Waals surface area (Å²) in [6.07, 6.45) is 11.6. The third kappa shape index (κ3) is 7.33. The SMILES string of the molecule is CC.CS(C)(=O)=O.O=C(NC1CCCCC1)c1cccn(C2CCc3ccccc32)c1=O. The number of aryl methyl sites for hydroxylation is 1. The first-order valence-electron chi connectivity index (χ1n) is 11.5. The number of nitrogens with zero attached hydrogens (tertiary/aromatic N) is 1. The predicted octanol–water partition coefficient (Wildman–Crippen LogP) is 4.13. The number of rotatable bonds is 3. The molecule has 4 rings (SSSR count). The van der Waals surface area contributed by atoms with Crippen LogP contribution in [0.5, 0.6) is 0 Å². The number of hydrogen-bond acceptors (Lipinski definition) is 4. The lowest BCUT2D eigenvalue weighted by Crippen LogP contribution is -2.40. The molecule has 2 aliphatic carbocycles. The van der Waals surface area contributed by atoms with Crippen molar-refractivity contribution >= 4 is 15.7 Å². The quantitative estimate of drug-likeness (QED) is 0.746. The summed E-state index contributed by atoms with van der Waals surface area (Å²) in [4.78, 5) is 25.6. The minimum absolute atomic E-state index is 0.0335. The smallest absolute Gasteiger partial charge is 0.263 e. The molecule has 0 spiro atoms. The molecule has 1 aromatic carbocycles. The molecular formula is C25H36N2O4S. The van der Waals surface area contributed by atoms with Gasteiger partial charge in [0.2, 0.25) is 0 Å². The Morgan fingerprint density at radius 2 is 1.59 bits per heavy atom. The Bertz CT molecular complexity index is 1050. The molecule has 1 N–H and O–H groups in total. The Kier molecular flexibility index (Phi) is 9.69. The van der Waals surface area contributed by atoms with Crippen molar-refractivity contribution in [3.63, 3.8) is 0 Å². The average Bonchev–Trinajstić information content (AvgIpc) is 3.19. The van der Waals surface area contributed by atoms with E-state index in [4.69, 9.17) is 0 Å². The lowest BCUT2D eigenvalue weighted by atomic mass is 9.95. The molecule has 7 heteroatoms. The fourth-order valence-electron chi connectivity index (χ4n) is 4.26. The minimum Gasteiger partial charge on any atom is -0.349 e. The van der Waals surface area contributed by atoms with Gasteiger partial charge in [-0.25, -0.2) is 8.42 Å². The Labute approximate surface area is 192 Å². The van der Waals surface area contributed by atoms with Gasteiger partial charge >= 0.3 is 0 Å². The molecule has 1 heterocycles. The van der Waals surface area contributed by atoms with Gasteiger partial charge in [0.15, 0.2) is 0 Å². The molecule has 0 aliphatic heterocycles. The van der Waals surface area contributed by atoms with Gasteiger partial charge in [-0.2, -0.15) is 0 Å². The van der Waals surface area contributed by atoms with E-state index in [1.807, 2.05) is 38.2 Å². The van der Waals surface area contributed by atoms with Crippen molar-refractivity contribution in [3.8, 4) is 0 Å². The lowest BCUT2D eigenvalue weighted by molar-refractivity contribution is 0.0925. The number of fused-ring (bicyclic) bond motifs is 1. The number of sulfone groups is 1. The van der Waals surface area contributed by atoms with E-state index in [1.54, 1.807) is 10.6 Å². The summed E-state index contributed by atoms with van der Waals surface area (Å²) >= 11 is 0. The van der Waals surface area contributed by atoms with Crippen molar-refractivity contribution < 1.29 is 13.2 Å². The molecule has 176 valence electrons. The fraction of sp³-hybridized carbons (Fsp3) is 0.520. The van der Waals surface area contributed by atoms with Crippen LogP contribution in [0.2, 0.25) is 0 Å². The molecule has 2 aliphatic rings. The topological polar surface area (TPSA) is 85.2 Å². The van der Waals surface area contributed by atoms with E-state index in [0.29, 0.717) is 0 Å². The van der Waals surface area contributed by atoms with Crippen LogP contribution < -0.4 is 10.9 Å². The first kappa shape index (κ1) is 25.8. The van der Waals surface area contributed by atoms with Gasteiger partial charge in [-0.3, -0.25) is 9.59 Å². The Morgan fingerprint density at radius 3 is 2.25 bits per heavy atom. The monoisotopic (exact) mass is 460 g/mol. The van der Waals surface area contributed by atoms with Crippen LogP contribution in [-0.4, -0.2) is 37.4 Å². The maximum absolute atomic E-state index is 13.0. The molecule has 1 aromatic heterocycles. The first-order valence-corrected chi connectivity index (χ1v) is 13.8. The molecular weight excluding hydrogens is 424 g/mol. The van der Waals surface area contributed by atoms with Crippen LogP contribution in [0.3, 0.4) is 0 Å². The highest BCUT2D eigenvalue weighted by molar-refractivity contribution is 7.89. The largest absolute Gasteiger partial charge is 0.349 e. The Hall–Kier alpha value is -2.41. The van der Waals surface area contributed by atoms with Gasteiger partial charge in [0.05, 0.1) is 6.04 Å². The number of benzene rings is 1. The molecule has 32 heavy (non-hydrogen) atoms. The molecule has 0 radical (unpaired) electrons. The van der Waals surface area contributed by atoms with Crippen LogP contribution in [0.25, 0.3) is 0 Å². The first-order chi connectivity index (χ1) is 15.2. The third-order valence-electron chi connectivity index (χ3n) is 5.60. The molecule has 0 bridgehead atoms. The number of carbonyl (C=O) groups is 1. The fourth-order valence-corrected chi connectivity index (χ4v) is 4.26. The van der Waals surface area contributed by atoms with Gasteiger partial charge in [-0.15, -0.1) is 0 Å². The van der Waals surface area contributed by atoms with E-state index >= 15 is 0 Å². The van der Waals surface area contributed by atoms with E-state index in [-0.39, 0.29) is 29.1 Å². The van der Waals surface area contributed by atoms with Crippen molar-refractivity contribution in [2.75, 3.05) is 12.5 Å².